The van der Waals surface area contributed by atoms with Gasteiger partial charge in [-0.15, -0.1) is 0 Å². The lowest BCUT2D eigenvalue weighted by Gasteiger charge is -2.07. The van der Waals surface area contributed by atoms with E-state index in [9.17, 15) is 8.42 Å². The number of hydrogen-bond donors (Lipinski definition) is 2. The molecule has 2 aromatic rings. The van der Waals surface area contributed by atoms with Gasteiger partial charge < -0.3 is 5.32 Å². The van der Waals surface area contributed by atoms with E-state index >= 15 is 0 Å². The van der Waals surface area contributed by atoms with Crippen molar-refractivity contribution in [2.75, 3.05) is 18.3 Å². The van der Waals surface area contributed by atoms with Crippen molar-refractivity contribution >= 4 is 27.3 Å². The zero-order valence-corrected chi connectivity index (χ0v) is 12.4. The van der Waals surface area contributed by atoms with Crippen molar-refractivity contribution in [3.8, 4) is 0 Å². The van der Waals surface area contributed by atoms with Crippen molar-refractivity contribution in [1.29, 1.82) is 0 Å². The minimum atomic E-state index is -3.68. The van der Waals surface area contributed by atoms with Crippen LogP contribution in [0.5, 0.6) is 0 Å². The number of hydrogen-bond acceptors (Lipinski definition) is 4. The number of rotatable bonds is 6. The monoisotopic (exact) mass is 314 g/mol. The third kappa shape index (κ3) is 3.50. The SMILES string of the molecule is CNCCn1cc(S(=O)(=O)Nc2ccccc2Cl)cn1. The number of benzene rings is 1. The van der Waals surface area contributed by atoms with Crippen LogP contribution in [0.4, 0.5) is 5.69 Å². The van der Waals surface area contributed by atoms with E-state index in [4.69, 9.17) is 11.6 Å². The van der Waals surface area contributed by atoms with Crippen molar-refractivity contribution in [3.63, 3.8) is 0 Å². The van der Waals surface area contributed by atoms with Crippen LogP contribution in [-0.4, -0.2) is 31.8 Å². The van der Waals surface area contributed by atoms with E-state index in [0.717, 1.165) is 0 Å². The fourth-order valence-corrected chi connectivity index (χ4v) is 2.85. The van der Waals surface area contributed by atoms with Gasteiger partial charge in [0, 0.05) is 12.7 Å². The average molecular weight is 315 g/mol. The van der Waals surface area contributed by atoms with E-state index < -0.39 is 10.0 Å². The van der Waals surface area contributed by atoms with Crippen LogP contribution in [0, 0.1) is 0 Å². The molecule has 0 amide bonds. The Balaban J connectivity index is 2.18. The van der Waals surface area contributed by atoms with E-state index in [1.165, 1.54) is 12.4 Å². The number of halogens is 1. The molecule has 1 aromatic heterocycles. The first-order valence-corrected chi connectivity index (χ1v) is 7.83. The zero-order valence-electron chi connectivity index (χ0n) is 10.9. The highest BCUT2D eigenvalue weighted by atomic mass is 35.5. The summed E-state index contributed by atoms with van der Waals surface area (Å²) in [6.45, 7) is 1.30. The van der Waals surface area contributed by atoms with Crippen LogP contribution in [0.1, 0.15) is 0 Å². The van der Waals surface area contributed by atoms with E-state index in [1.54, 1.807) is 28.9 Å². The molecule has 0 aliphatic heterocycles. The molecule has 20 heavy (non-hydrogen) atoms. The van der Waals surface area contributed by atoms with Gasteiger partial charge in [-0.3, -0.25) is 9.40 Å². The molecule has 0 saturated heterocycles. The van der Waals surface area contributed by atoms with Gasteiger partial charge in [-0.1, -0.05) is 23.7 Å². The Labute approximate surface area is 122 Å². The predicted octanol–water partition coefficient (Wildman–Crippen LogP) is 1.56. The largest absolute Gasteiger partial charge is 0.318 e. The molecule has 1 aromatic carbocycles. The summed E-state index contributed by atoms with van der Waals surface area (Å²) in [6.07, 6.45) is 2.80. The molecule has 0 fully saturated rings. The summed E-state index contributed by atoms with van der Waals surface area (Å²) in [4.78, 5) is 0.105. The van der Waals surface area contributed by atoms with Gasteiger partial charge in [0.1, 0.15) is 4.90 Å². The number of para-hydroxylation sites is 1. The van der Waals surface area contributed by atoms with Gasteiger partial charge in [0.15, 0.2) is 0 Å². The molecule has 108 valence electrons. The van der Waals surface area contributed by atoms with E-state index in [2.05, 4.69) is 15.1 Å². The predicted molar refractivity (Wildman–Crippen MR) is 78.4 cm³/mol. The molecular formula is C12H15ClN4O2S. The molecule has 2 N–H and O–H groups in total. The molecule has 2 rings (SSSR count). The summed E-state index contributed by atoms with van der Waals surface area (Å²) in [6, 6.07) is 6.66. The molecule has 0 spiro atoms. The average Bonchev–Trinajstić information content (AvgIpc) is 2.88. The van der Waals surface area contributed by atoms with Crippen LogP contribution in [0.2, 0.25) is 5.02 Å². The number of sulfonamides is 1. The van der Waals surface area contributed by atoms with Gasteiger partial charge in [0.2, 0.25) is 0 Å². The van der Waals surface area contributed by atoms with Crippen molar-refractivity contribution in [3.05, 3.63) is 41.7 Å². The van der Waals surface area contributed by atoms with Gasteiger partial charge >= 0.3 is 0 Å². The Bertz CT molecular complexity index is 684. The lowest BCUT2D eigenvalue weighted by Crippen LogP contribution is -2.15. The number of nitrogens with one attached hydrogen (secondary N) is 2. The van der Waals surface area contributed by atoms with Crippen LogP contribution in [0.3, 0.4) is 0 Å². The Kier molecular flexibility index (Phi) is 4.64. The first kappa shape index (κ1) is 14.8. The molecule has 0 aliphatic carbocycles. The molecule has 0 unspecified atom stereocenters. The lowest BCUT2D eigenvalue weighted by molar-refractivity contribution is 0.582. The fourth-order valence-electron chi connectivity index (χ4n) is 1.58. The van der Waals surface area contributed by atoms with Gasteiger partial charge in [-0.05, 0) is 19.2 Å². The quantitative estimate of drug-likeness (QED) is 0.848. The summed E-state index contributed by atoms with van der Waals surface area (Å²) in [7, 11) is -1.86. The van der Waals surface area contributed by atoms with Crippen LogP contribution in [-0.2, 0) is 16.6 Å². The third-order valence-corrected chi connectivity index (χ3v) is 4.28. The first-order valence-electron chi connectivity index (χ1n) is 5.97. The lowest BCUT2D eigenvalue weighted by atomic mass is 10.3. The number of aromatic nitrogens is 2. The Morgan fingerprint density at radius 3 is 2.80 bits per heavy atom. The molecule has 8 heteroatoms. The summed E-state index contributed by atoms with van der Waals surface area (Å²) in [5.41, 5.74) is 0.345. The summed E-state index contributed by atoms with van der Waals surface area (Å²) in [5.74, 6) is 0. The maximum Gasteiger partial charge on any atom is 0.265 e. The molecule has 0 bridgehead atoms. The summed E-state index contributed by atoms with van der Waals surface area (Å²) in [5, 5.41) is 7.32. The Hall–Kier alpha value is -1.57. The highest BCUT2D eigenvalue weighted by molar-refractivity contribution is 7.92. The van der Waals surface area contributed by atoms with E-state index in [0.29, 0.717) is 23.8 Å². The van der Waals surface area contributed by atoms with Gasteiger partial charge in [-0.25, -0.2) is 8.42 Å². The van der Waals surface area contributed by atoms with Crippen molar-refractivity contribution < 1.29 is 8.42 Å². The molecule has 1 heterocycles. The number of anilines is 1. The second kappa shape index (κ2) is 6.25. The summed E-state index contributed by atoms with van der Waals surface area (Å²) >= 11 is 5.94. The zero-order chi connectivity index (χ0) is 14.6. The second-order valence-electron chi connectivity index (χ2n) is 4.13. The molecule has 6 nitrogen and oxygen atoms in total. The Morgan fingerprint density at radius 1 is 1.35 bits per heavy atom. The maximum absolute atomic E-state index is 12.2. The molecule has 0 saturated carbocycles. The third-order valence-electron chi connectivity index (χ3n) is 2.63. The van der Waals surface area contributed by atoms with Crippen molar-refractivity contribution in [2.45, 2.75) is 11.4 Å². The normalized spacial score (nSPS) is 11.5. The van der Waals surface area contributed by atoms with E-state index in [1.807, 2.05) is 7.05 Å². The van der Waals surface area contributed by atoms with Gasteiger partial charge in [0.05, 0.1) is 23.5 Å². The van der Waals surface area contributed by atoms with Crippen LogP contribution >= 0.6 is 11.6 Å². The molecule has 0 aliphatic rings. The fraction of sp³-hybridized carbons (Fsp3) is 0.250. The topological polar surface area (TPSA) is 76.0 Å². The van der Waals surface area contributed by atoms with Gasteiger partial charge in [-0.2, -0.15) is 5.10 Å². The molecule has 0 atom stereocenters. The number of nitrogens with zero attached hydrogens (tertiary/aromatic N) is 2. The minimum absolute atomic E-state index is 0.105. The molecule has 0 radical (unpaired) electrons. The van der Waals surface area contributed by atoms with Crippen LogP contribution in [0.25, 0.3) is 0 Å². The maximum atomic E-state index is 12.2. The Morgan fingerprint density at radius 2 is 2.10 bits per heavy atom. The first-order chi connectivity index (χ1) is 9.53. The van der Waals surface area contributed by atoms with Crippen LogP contribution < -0.4 is 10.0 Å². The van der Waals surface area contributed by atoms with Crippen molar-refractivity contribution in [2.24, 2.45) is 0 Å². The second-order valence-corrected chi connectivity index (χ2v) is 6.22. The highest BCUT2D eigenvalue weighted by Crippen LogP contribution is 2.23. The van der Waals surface area contributed by atoms with Crippen molar-refractivity contribution in [1.82, 2.24) is 15.1 Å². The molecular weight excluding hydrogens is 300 g/mol. The summed E-state index contributed by atoms with van der Waals surface area (Å²) < 4.78 is 28.4. The smallest absolute Gasteiger partial charge is 0.265 e. The standard InChI is InChI=1S/C12H15ClN4O2S/c1-14-6-7-17-9-10(8-15-17)20(18,19)16-12-5-3-2-4-11(12)13/h2-5,8-9,14,16H,6-7H2,1H3. The van der Waals surface area contributed by atoms with E-state index in [-0.39, 0.29) is 4.90 Å². The van der Waals surface area contributed by atoms with Crippen LogP contribution in [0.15, 0.2) is 41.6 Å². The number of likely N-dealkylation sites (N-methyl/N-ethyl adjacent to an activating group) is 1. The minimum Gasteiger partial charge on any atom is -0.318 e. The highest BCUT2D eigenvalue weighted by Gasteiger charge is 2.17. The van der Waals surface area contributed by atoms with Gasteiger partial charge in [0.25, 0.3) is 10.0 Å².